The van der Waals surface area contributed by atoms with Gasteiger partial charge in [0.15, 0.2) is 11.2 Å². The Morgan fingerprint density at radius 3 is 2.69 bits per heavy atom. The van der Waals surface area contributed by atoms with Crippen LogP contribution in [0.25, 0.3) is 11.2 Å². The highest BCUT2D eigenvalue weighted by Crippen LogP contribution is 2.12. The molecule has 0 saturated heterocycles. The molecule has 0 spiro atoms. The minimum Gasteiger partial charge on any atom is -0.463 e. The number of H-pyrrole nitrogens is 1. The number of aliphatic hydroxyl groups excluding tert-OH is 1. The monoisotopic (exact) mass is 366 g/mol. The lowest BCUT2D eigenvalue weighted by molar-refractivity contribution is -0.146. The van der Waals surface area contributed by atoms with Crippen LogP contribution in [0.15, 0.2) is 9.59 Å². The van der Waals surface area contributed by atoms with Crippen molar-refractivity contribution < 1.29 is 14.6 Å². The number of esters is 1. The van der Waals surface area contributed by atoms with Crippen molar-refractivity contribution in [3.05, 3.63) is 26.7 Å². The van der Waals surface area contributed by atoms with Crippen LogP contribution in [0, 0.1) is 0 Å². The zero-order valence-corrected chi connectivity index (χ0v) is 15.4. The number of imidazole rings is 1. The molecule has 0 aliphatic carbocycles. The summed E-state index contributed by atoms with van der Waals surface area (Å²) in [4.78, 5) is 41.6. The largest absolute Gasteiger partial charge is 0.463 e. The number of carbonyl (C=O) groups excluding carboxylic acids is 1. The molecular weight excluding hydrogens is 340 g/mol. The topological polar surface area (TPSA) is 119 Å². The summed E-state index contributed by atoms with van der Waals surface area (Å²) in [7, 11) is 3.31. The van der Waals surface area contributed by atoms with E-state index in [0.29, 0.717) is 36.3 Å². The van der Waals surface area contributed by atoms with E-state index < -0.39 is 17.4 Å². The molecule has 9 heteroatoms. The highest BCUT2D eigenvalue weighted by molar-refractivity contribution is 5.70. The number of aryl methyl sites for hydroxylation is 3. The van der Waals surface area contributed by atoms with Gasteiger partial charge in [-0.3, -0.25) is 19.1 Å². The Labute approximate surface area is 150 Å². The van der Waals surface area contributed by atoms with E-state index in [-0.39, 0.29) is 12.6 Å². The third-order valence-electron chi connectivity index (χ3n) is 4.31. The number of nitrogens with zero attached hydrogens (tertiary/aromatic N) is 3. The van der Waals surface area contributed by atoms with E-state index in [4.69, 9.17) is 4.74 Å². The Kier molecular flexibility index (Phi) is 6.73. The van der Waals surface area contributed by atoms with Crippen LogP contribution in [-0.2, 0) is 30.0 Å². The van der Waals surface area contributed by atoms with E-state index in [1.807, 2.05) is 6.92 Å². The first-order valence-corrected chi connectivity index (χ1v) is 8.83. The minimum absolute atomic E-state index is 0.0165. The minimum atomic E-state index is -0.681. The van der Waals surface area contributed by atoms with Crippen molar-refractivity contribution in [2.24, 2.45) is 14.1 Å². The molecule has 2 heterocycles. The molecule has 0 radical (unpaired) electrons. The van der Waals surface area contributed by atoms with Gasteiger partial charge in [0.1, 0.15) is 12.4 Å². The predicted octanol–water partition coefficient (Wildman–Crippen LogP) is 0.377. The highest BCUT2D eigenvalue weighted by atomic mass is 16.5. The van der Waals surface area contributed by atoms with Crippen LogP contribution >= 0.6 is 0 Å². The van der Waals surface area contributed by atoms with Gasteiger partial charge in [0, 0.05) is 26.9 Å². The molecule has 9 nitrogen and oxygen atoms in total. The number of hydrogen-bond acceptors (Lipinski definition) is 6. The van der Waals surface area contributed by atoms with Gasteiger partial charge in [0.05, 0.1) is 6.10 Å². The number of ether oxygens (including phenoxy) is 1. The van der Waals surface area contributed by atoms with E-state index in [2.05, 4.69) is 9.97 Å². The van der Waals surface area contributed by atoms with E-state index >= 15 is 0 Å². The van der Waals surface area contributed by atoms with Crippen LogP contribution in [0.2, 0.25) is 0 Å². The van der Waals surface area contributed by atoms with Gasteiger partial charge in [-0.05, 0) is 19.3 Å². The van der Waals surface area contributed by atoms with Crippen LogP contribution in [-0.4, -0.2) is 42.9 Å². The molecule has 144 valence electrons. The molecule has 1 atom stereocenters. The average Bonchev–Trinajstić information content (AvgIpc) is 2.92. The third-order valence-corrected chi connectivity index (χ3v) is 4.31. The van der Waals surface area contributed by atoms with Crippen molar-refractivity contribution >= 4 is 17.1 Å². The van der Waals surface area contributed by atoms with Crippen LogP contribution < -0.4 is 11.2 Å². The fourth-order valence-electron chi connectivity index (χ4n) is 2.79. The Morgan fingerprint density at radius 2 is 2.00 bits per heavy atom. The van der Waals surface area contributed by atoms with Gasteiger partial charge in [-0.1, -0.05) is 13.3 Å². The van der Waals surface area contributed by atoms with Crippen molar-refractivity contribution in [1.82, 2.24) is 19.1 Å². The summed E-state index contributed by atoms with van der Waals surface area (Å²) < 4.78 is 7.99. The molecule has 0 aliphatic heterocycles. The first kappa shape index (κ1) is 19.9. The number of carbonyl (C=O) groups is 1. The van der Waals surface area contributed by atoms with Gasteiger partial charge in [-0.15, -0.1) is 0 Å². The summed E-state index contributed by atoms with van der Waals surface area (Å²) in [5, 5.41) is 9.85. The summed E-state index contributed by atoms with van der Waals surface area (Å²) in [5.41, 5.74) is -0.217. The number of fused-ring (bicyclic) bond motifs is 1. The van der Waals surface area contributed by atoms with Crippen molar-refractivity contribution in [2.45, 2.75) is 51.6 Å². The summed E-state index contributed by atoms with van der Waals surface area (Å²) in [5.74, 6) is 0.414. The standard InChI is InChI=1S/C17H26N4O5/c1-4-7-13(23)26-10-11(22)8-5-6-9-12-18-15-14(20(12)2)16(24)19-17(25)21(15)3/h11,22H,4-10H2,1-3H3,(H,19,24,25). The van der Waals surface area contributed by atoms with Gasteiger partial charge < -0.3 is 14.4 Å². The van der Waals surface area contributed by atoms with E-state index in [1.54, 1.807) is 18.7 Å². The third kappa shape index (κ3) is 4.60. The second-order valence-corrected chi connectivity index (χ2v) is 6.41. The smallest absolute Gasteiger partial charge is 0.329 e. The maximum atomic E-state index is 12.0. The van der Waals surface area contributed by atoms with E-state index in [9.17, 15) is 19.5 Å². The summed E-state index contributed by atoms with van der Waals surface area (Å²) in [6.45, 7) is 1.91. The Hall–Kier alpha value is -2.42. The maximum absolute atomic E-state index is 12.0. The molecule has 2 N–H and O–H groups in total. The molecule has 2 aromatic rings. The van der Waals surface area contributed by atoms with E-state index in [0.717, 1.165) is 19.3 Å². The number of aliphatic hydroxyl groups is 1. The van der Waals surface area contributed by atoms with Gasteiger partial charge in [-0.2, -0.15) is 0 Å². The molecule has 2 rings (SSSR count). The molecule has 0 aliphatic rings. The van der Waals surface area contributed by atoms with Gasteiger partial charge in [-0.25, -0.2) is 9.78 Å². The fraction of sp³-hybridized carbons (Fsp3) is 0.647. The average molecular weight is 366 g/mol. The fourth-order valence-corrected chi connectivity index (χ4v) is 2.79. The second-order valence-electron chi connectivity index (χ2n) is 6.41. The summed E-state index contributed by atoms with van der Waals surface area (Å²) >= 11 is 0. The number of aromatic nitrogens is 4. The van der Waals surface area contributed by atoms with Crippen LogP contribution in [0.3, 0.4) is 0 Å². The van der Waals surface area contributed by atoms with Gasteiger partial charge in [0.25, 0.3) is 5.56 Å². The summed E-state index contributed by atoms with van der Waals surface area (Å²) in [6.07, 6.45) is 3.01. The maximum Gasteiger partial charge on any atom is 0.329 e. The van der Waals surface area contributed by atoms with Crippen molar-refractivity contribution in [2.75, 3.05) is 6.61 Å². The Balaban J connectivity index is 1.89. The Bertz CT molecular complexity index is 880. The van der Waals surface area contributed by atoms with Crippen LogP contribution in [0.5, 0.6) is 0 Å². The number of unbranched alkanes of at least 4 members (excludes halogenated alkanes) is 1. The first-order chi connectivity index (χ1) is 12.3. The molecule has 0 fully saturated rings. The first-order valence-electron chi connectivity index (χ1n) is 8.83. The van der Waals surface area contributed by atoms with E-state index in [1.165, 1.54) is 4.57 Å². The molecule has 0 amide bonds. The number of rotatable bonds is 9. The molecule has 26 heavy (non-hydrogen) atoms. The molecule has 0 aromatic carbocycles. The molecule has 0 bridgehead atoms. The lowest BCUT2D eigenvalue weighted by Crippen LogP contribution is -2.29. The molecule has 2 aromatic heterocycles. The highest BCUT2D eigenvalue weighted by Gasteiger charge is 2.15. The molecular formula is C17H26N4O5. The van der Waals surface area contributed by atoms with Gasteiger partial charge in [0.2, 0.25) is 0 Å². The quantitative estimate of drug-likeness (QED) is 0.489. The number of hydrogen-bond donors (Lipinski definition) is 2. The zero-order chi connectivity index (χ0) is 19.3. The predicted molar refractivity (Wildman–Crippen MR) is 96.0 cm³/mol. The summed E-state index contributed by atoms with van der Waals surface area (Å²) in [6, 6.07) is 0. The SMILES string of the molecule is CCCC(=O)OCC(O)CCCCc1nc2c(c(=O)[nH]c(=O)n2C)n1C. The lowest BCUT2D eigenvalue weighted by atomic mass is 10.1. The van der Waals surface area contributed by atoms with Crippen molar-refractivity contribution in [3.8, 4) is 0 Å². The second kappa shape index (κ2) is 8.79. The number of nitrogens with one attached hydrogen (secondary N) is 1. The zero-order valence-electron chi connectivity index (χ0n) is 15.4. The van der Waals surface area contributed by atoms with Crippen LogP contribution in [0.4, 0.5) is 0 Å². The van der Waals surface area contributed by atoms with Crippen LogP contribution in [0.1, 0.15) is 44.9 Å². The lowest BCUT2D eigenvalue weighted by Gasteiger charge is -2.11. The Morgan fingerprint density at radius 1 is 1.27 bits per heavy atom. The number of aromatic amines is 1. The normalized spacial score (nSPS) is 12.5. The molecule has 0 saturated carbocycles. The van der Waals surface area contributed by atoms with Crippen molar-refractivity contribution in [1.29, 1.82) is 0 Å². The van der Waals surface area contributed by atoms with Gasteiger partial charge >= 0.3 is 11.7 Å². The molecule has 1 unspecified atom stereocenters. The van der Waals surface area contributed by atoms with Crippen molar-refractivity contribution in [3.63, 3.8) is 0 Å².